The van der Waals surface area contributed by atoms with Crippen LogP contribution in [-0.4, -0.2) is 27.7 Å². The number of hydrogen-bond acceptors (Lipinski definition) is 4. The molecule has 2 N–H and O–H groups in total. The van der Waals surface area contributed by atoms with Crippen molar-refractivity contribution in [1.29, 1.82) is 0 Å². The maximum atomic E-state index is 13.0. The average Bonchev–Trinajstić information content (AvgIpc) is 2.93. The summed E-state index contributed by atoms with van der Waals surface area (Å²) in [5.74, 6) is -0.826. The Morgan fingerprint density at radius 1 is 1.38 bits per heavy atom. The number of halogens is 1. The summed E-state index contributed by atoms with van der Waals surface area (Å²) in [6, 6.07) is 6.22. The monoisotopic (exact) mass is 373 g/mol. The number of benzene rings is 1. The first-order valence-electron chi connectivity index (χ1n) is 8.34. The minimum atomic E-state index is -0.473. The first-order chi connectivity index (χ1) is 12.3. The third kappa shape index (κ3) is 3.99. The summed E-state index contributed by atoms with van der Waals surface area (Å²) in [5.41, 5.74) is 7.85. The van der Waals surface area contributed by atoms with Gasteiger partial charge < -0.3 is 10.6 Å². The number of primary amides is 1. The van der Waals surface area contributed by atoms with Gasteiger partial charge >= 0.3 is 0 Å². The van der Waals surface area contributed by atoms with E-state index in [0.29, 0.717) is 23.5 Å². The maximum Gasteiger partial charge on any atom is 0.260 e. The van der Waals surface area contributed by atoms with Crippen molar-refractivity contribution in [3.63, 3.8) is 0 Å². The zero-order valence-corrected chi connectivity index (χ0v) is 15.5. The van der Waals surface area contributed by atoms with E-state index >= 15 is 0 Å². The molecule has 2 heterocycles. The van der Waals surface area contributed by atoms with Crippen LogP contribution in [0.4, 0.5) is 4.39 Å². The van der Waals surface area contributed by atoms with Crippen molar-refractivity contribution in [2.45, 2.75) is 39.3 Å². The Hall–Kier alpha value is -2.54. The van der Waals surface area contributed by atoms with Crippen molar-refractivity contribution in [1.82, 2.24) is 9.88 Å². The van der Waals surface area contributed by atoms with Crippen molar-refractivity contribution < 1.29 is 14.0 Å². The largest absolute Gasteiger partial charge is 0.365 e. The Morgan fingerprint density at radius 3 is 2.65 bits per heavy atom. The summed E-state index contributed by atoms with van der Waals surface area (Å²) >= 11 is 1.28. The molecule has 2 aromatic rings. The predicted octanol–water partition coefficient (Wildman–Crippen LogP) is 2.98. The third-order valence-electron chi connectivity index (χ3n) is 4.41. The molecule has 7 heteroatoms. The van der Waals surface area contributed by atoms with Crippen molar-refractivity contribution in [2.75, 3.05) is 0 Å². The Morgan fingerprint density at radius 2 is 2.08 bits per heavy atom. The number of nitrogens with zero attached hydrogens (tertiary/aromatic N) is 2. The lowest BCUT2D eigenvalue weighted by molar-refractivity contribution is -0.129. The van der Waals surface area contributed by atoms with Crippen LogP contribution in [0.15, 0.2) is 35.9 Å². The molecule has 0 aliphatic carbocycles. The van der Waals surface area contributed by atoms with Gasteiger partial charge in [-0.2, -0.15) is 0 Å². The topological polar surface area (TPSA) is 76.3 Å². The van der Waals surface area contributed by atoms with E-state index in [2.05, 4.69) is 4.98 Å². The molecule has 0 bridgehead atoms. The molecular formula is C19H20FN3O2S. The first kappa shape index (κ1) is 18.3. The second-order valence-corrected chi connectivity index (χ2v) is 7.60. The van der Waals surface area contributed by atoms with Crippen LogP contribution >= 0.6 is 11.3 Å². The highest BCUT2D eigenvalue weighted by atomic mass is 32.1. The van der Waals surface area contributed by atoms with Crippen LogP contribution in [0.1, 0.15) is 39.3 Å². The minimum absolute atomic E-state index is 0.0317. The van der Waals surface area contributed by atoms with Crippen LogP contribution < -0.4 is 5.73 Å². The van der Waals surface area contributed by atoms with Gasteiger partial charge in [-0.15, -0.1) is 11.3 Å². The molecule has 0 fully saturated rings. The molecule has 1 atom stereocenters. The summed E-state index contributed by atoms with van der Waals surface area (Å²) in [5, 5.41) is 0.787. The first-order valence-corrected chi connectivity index (χ1v) is 9.15. The highest BCUT2D eigenvalue weighted by molar-refractivity contribution is 7.13. The number of aromatic nitrogens is 1. The molecule has 1 aliphatic rings. The van der Waals surface area contributed by atoms with Gasteiger partial charge in [0.15, 0.2) is 0 Å². The zero-order valence-electron chi connectivity index (χ0n) is 14.7. The SMILES string of the molecule is Cc1nc(CC2=CC(=O)N(Cc3ccc(F)cc3)[C@@H](C)C2)sc1C(N)=O. The van der Waals surface area contributed by atoms with Crippen molar-refractivity contribution in [3.8, 4) is 0 Å². The van der Waals surface area contributed by atoms with Gasteiger partial charge in [0, 0.05) is 25.1 Å². The van der Waals surface area contributed by atoms with Gasteiger partial charge in [0.1, 0.15) is 10.7 Å². The third-order valence-corrected chi connectivity index (χ3v) is 5.58. The van der Waals surface area contributed by atoms with Crippen LogP contribution in [0.3, 0.4) is 0 Å². The van der Waals surface area contributed by atoms with Crippen LogP contribution in [-0.2, 0) is 17.8 Å². The number of rotatable bonds is 5. The molecule has 1 aliphatic heterocycles. The quantitative estimate of drug-likeness (QED) is 0.875. The van der Waals surface area contributed by atoms with Crippen molar-refractivity contribution >= 4 is 23.2 Å². The fraction of sp³-hybridized carbons (Fsp3) is 0.316. The number of carbonyl (C=O) groups excluding carboxylic acids is 2. The smallest absolute Gasteiger partial charge is 0.260 e. The fourth-order valence-corrected chi connectivity index (χ4v) is 4.09. The van der Waals surface area contributed by atoms with E-state index in [9.17, 15) is 14.0 Å². The standard InChI is InChI=1S/C19H20FN3O2S/c1-11-7-14(8-16-22-12(2)18(26-16)19(21)25)9-17(24)23(11)10-13-3-5-15(20)6-4-13/h3-6,9,11H,7-8,10H2,1-2H3,(H2,21,25)/t11-/m0/s1. The van der Waals surface area contributed by atoms with Crippen LogP contribution in [0, 0.1) is 12.7 Å². The normalized spacial score (nSPS) is 17.3. The zero-order chi connectivity index (χ0) is 18.8. The van der Waals surface area contributed by atoms with E-state index in [1.807, 2.05) is 6.92 Å². The van der Waals surface area contributed by atoms with E-state index in [-0.39, 0.29) is 17.8 Å². The second kappa shape index (κ2) is 7.37. The molecule has 1 aromatic carbocycles. The second-order valence-electron chi connectivity index (χ2n) is 6.51. The molecule has 0 unspecified atom stereocenters. The number of nitrogens with two attached hydrogens (primary N) is 1. The maximum absolute atomic E-state index is 13.0. The molecule has 5 nitrogen and oxygen atoms in total. The summed E-state index contributed by atoms with van der Waals surface area (Å²) in [6.07, 6.45) is 2.92. The molecule has 0 spiro atoms. The van der Waals surface area contributed by atoms with E-state index in [4.69, 9.17) is 5.73 Å². The van der Waals surface area contributed by atoms with Gasteiger partial charge in [0.05, 0.1) is 10.7 Å². The average molecular weight is 373 g/mol. The summed E-state index contributed by atoms with van der Waals surface area (Å²) in [7, 11) is 0. The van der Waals surface area contributed by atoms with Crippen molar-refractivity contribution in [2.24, 2.45) is 5.73 Å². The Bertz CT molecular complexity index is 873. The fourth-order valence-electron chi connectivity index (χ4n) is 3.12. The van der Waals surface area contributed by atoms with Gasteiger partial charge in [-0.25, -0.2) is 9.37 Å². The van der Waals surface area contributed by atoms with E-state index in [0.717, 1.165) is 22.6 Å². The highest BCUT2D eigenvalue weighted by Crippen LogP contribution is 2.26. The number of carbonyl (C=O) groups is 2. The Labute approximate surface area is 155 Å². The number of thiazole rings is 1. The molecule has 136 valence electrons. The van der Waals surface area contributed by atoms with Gasteiger partial charge in [-0.1, -0.05) is 17.7 Å². The molecule has 3 rings (SSSR count). The van der Waals surface area contributed by atoms with Crippen LogP contribution in [0.25, 0.3) is 0 Å². The van der Waals surface area contributed by atoms with E-state index < -0.39 is 5.91 Å². The Kier molecular flexibility index (Phi) is 5.18. The summed E-state index contributed by atoms with van der Waals surface area (Å²) < 4.78 is 13.0. The molecule has 0 saturated carbocycles. The number of aryl methyl sites for hydroxylation is 1. The minimum Gasteiger partial charge on any atom is -0.365 e. The lowest BCUT2D eigenvalue weighted by Gasteiger charge is -2.33. The van der Waals surface area contributed by atoms with E-state index in [1.54, 1.807) is 30.0 Å². The lowest BCUT2D eigenvalue weighted by Crippen LogP contribution is -2.40. The molecule has 2 amide bonds. The summed E-state index contributed by atoms with van der Waals surface area (Å²) in [6.45, 7) is 4.20. The number of amides is 2. The lowest BCUT2D eigenvalue weighted by atomic mass is 9.98. The van der Waals surface area contributed by atoms with Crippen molar-refractivity contribution in [3.05, 3.63) is 62.9 Å². The van der Waals surface area contributed by atoms with Gasteiger partial charge in [0.2, 0.25) is 5.91 Å². The molecule has 1 aromatic heterocycles. The number of hydrogen-bond donors (Lipinski definition) is 1. The Balaban J connectivity index is 1.72. The van der Waals surface area contributed by atoms with Gasteiger partial charge in [-0.3, -0.25) is 9.59 Å². The molecule has 0 saturated heterocycles. The molecular weight excluding hydrogens is 353 g/mol. The molecule has 0 radical (unpaired) electrons. The predicted molar refractivity (Wildman–Crippen MR) is 98.2 cm³/mol. The molecule has 26 heavy (non-hydrogen) atoms. The van der Waals surface area contributed by atoms with Gasteiger partial charge in [-0.05, 0) is 38.0 Å². The van der Waals surface area contributed by atoms with Crippen LogP contribution in [0.2, 0.25) is 0 Å². The highest BCUT2D eigenvalue weighted by Gasteiger charge is 2.26. The van der Waals surface area contributed by atoms with Gasteiger partial charge in [0.25, 0.3) is 5.91 Å². The summed E-state index contributed by atoms with van der Waals surface area (Å²) in [4.78, 5) is 30.5. The van der Waals surface area contributed by atoms with Crippen LogP contribution in [0.5, 0.6) is 0 Å². The van der Waals surface area contributed by atoms with E-state index in [1.165, 1.54) is 23.5 Å².